The molecule has 1 aliphatic heterocycles. The first kappa shape index (κ1) is 15.2. The van der Waals surface area contributed by atoms with E-state index in [9.17, 15) is 27.2 Å². The van der Waals surface area contributed by atoms with Crippen LogP contribution in [0.2, 0.25) is 0 Å². The molecule has 0 saturated heterocycles. The van der Waals surface area contributed by atoms with Gasteiger partial charge in [-0.1, -0.05) is 6.07 Å². The van der Waals surface area contributed by atoms with Crippen molar-refractivity contribution in [2.24, 2.45) is 0 Å². The monoisotopic (exact) mass is 301 g/mol. The van der Waals surface area contributed by atoms with E-state index in [4.69, 9.17) is 0 Å². The summed E-state index contributed by atoms with van der Waals surface area (Å²) < 4.78 is 50.8. The van der Waals surface area contributed by atoms with Gasteiger partial charge in [0, 0.05) is 11.1 Å². The van der Waals surface area contributed by atoms with Gasteiger partial charge < -0.3 is 0 Å². The molecule has 112 valence electrons. The molecule has 2 rings (SSSR count). The summed E-state index contributed by atoms with van der Waals surface area (Å²) in [5, 5.41) is 0. The lowest BCUT2D eigenvalue weighted by atomic mass is 10.1. The largest absolute Gasteiger partial charge is 0.419 e. The number of benzene rings is 1. The molecular weight excluding hydrogens is 290 g/mol. The Bertz CT molecular complexity index is 637. The van der Waals surface area contributed by atoms with Crippen LogP contribution in [-0.2, 0) is 22.3 Å². The summed E-state index contributed by atoms with van der Waals surface area (Å²) >= 11 is 0. The highest BCUT2D eigenvalue weighted by Crippen LogP contribution is 2.32. The van der Waals surface area contributed by atoms with Crippen LogP contribution in [0.5, 0.6) is 0 Å². The molecule has 1 aromatic rings. The van der Waals surface area contributed by atoms with Crippen LogP contribution in [-0.4, -0.2) is 16.7 Å². The van der Waals surface area contributed by atoms with Crippen LogP contribution in [0.3, 0.4) is 0 Å². The van der Waals surface area contributed by atoms with Crippen molar-refractivity contribution in [3.63, 3.8) is 0 Å². The van der Waals surface area contributed by atoms with Crippen LogP contribution in [0.15, 0.2) is 29.3 Å². The van der Waals surface area contributed by atoms with E-state index in [1.807, 2.05) is 0 Å². The Morgan fingerprint density at radius 3 is 2.00 bits per heavy atom. The predicted molar refractivity (Wildman–Crippen MR) is 65.3 cm³/mol. The van der Waals surface area contributed by atoms with Gasteiger partial charge in [-0.2, -0.15) is 13.2 Å². The fourth-order valence-electron chi connectivity index (χ4n) is 2.03. The summed E-state index contributed by atoms with van der Waals surface area (Å²) in [5.74, 6) is -2.46. The molecule has 0 fully saturated rings. The van der Waals surface area contributed by atoms with E-state index in [2.05, 4.69) is 0 Å². The van der Waals surface area contributed by atoms with Crippen LogP contribution < -0.4 is 0 Å². The van der Waals surface area contributed by atoms with Crippen LogP contribution in [0.1, 0.15) is 25.0 Å². The van der Waals surface area contributed by atoms with Crippen molar-refractivity contribution < 1.29 is 27.2 Å². The second-order valence-electron chi connectivity index (χ2n) is 4.76. The minimum Gasteiger partial charge on any atom is -0.270 e. The van der Waals surface area contributed by atoms with E-state index < -0.39 is 29.4 Å². The quantitative estimate of drug-likeness (QED) is 0.622. The second-order valence-corrected chi connectivity index (χ2v) is 4.76. The maximum absolute atomic E-state index is 13.4. The average Bonchev–Trinajstić information content (AvgIpc) is 2.55. The molecule has 1 heterocycles. The van der Waals surface area contributed by atoms with Crippen LogP contribution in [0.25, 0.3) is 0 Å². The minimum absolute atomic E-state index is 0.115. The highest BCUT2D eigenvalue weighted by Gasteiger charge is 2.35. The summed E-state index contributed by atoms with van der Waals surface area (Å²) in [6.45, 7) is 2.72. The Hall–Kier alpha value is -2.18. The third-order valence-corrected chi connectivity index (χ3v) is 3.37. The van der Waals surface area contributed by atoms with E-state index in [-0.39, 0.29) is 23.3 Å². The zero-order chi connectivity index (χ0) is 15.9. The van der Waals surface area contributed by atoms with Gasteiger partial charge in [0.05, 0.1) is 12.1 Å². The third-order valence-electron chi connectivity index (χ3n) is 3.37. The number of carbonyl (C=O) groups excluding carboxylic acids is 2. The van der Waals surface area contributed by atoms with Gasteiger partial charge in [-0.05, 0) is 31.5 Å². The topological polar surface area (TPSA) is 37.4 Å². The van der Waals surface area contributed by atoms with Gasteiger partial charge in [-0.25, -0.2) is 4.39 Å². The SMILES string of the molecule is CC1=C(C)C(=O)N(Cc2ccc(C(F)(F)F)c(F)c2)C1=O. The van der Waals surface area contributed by atoms with Crippen molar-refractivity contribution >= 4 is 11.8 Å². The van der Waals surface area contributed by atoms with Gasteiger partial charge in [0.1, 0.15) is 5.82 Å². The Labute approximate surface area is 117 Å². The number of hydrogen-bond donors (Lipinski definition) is 0. The number of nitrogens with zero attached hydrogens (tertiary/aromatic N) is 1. The molecule has 0 spiro atoms. The number of imide groups is 1. The van der Waals surface area contributed by atoms with E-state index >= 15 is 0 Å². The lowest BCUT2D eigenvalue weighted by Crippen LogP contribution is -2.31. The van der Waals surface area contributed by atoms with E-state index in [1.54, 1.807) is 0 Å². The normalized spacial score (nSPS) is 16.2. The predicted octanol–water partition coefficient (Wildman–Crippen LogP) is 3.05. The van der Waals surface area contributed by atoms with E-state index in [0.717, 1.165) is 11.0 Å². The molecular formula is C14H11F4NO2. The maximum atomic E-state index is 13.4. The maximum Gasteiger partial charge on any atom is 0.419 e. The molecule has 0 N–H and O–H groups in total. The number of carbonyl (C=O) groups is 2. The molecule has 1 aromatic carbocycles. The summed E-state index contributed by atoms with van der Waals surface area (Å²) in [7, 11) is 0. The molecule has 0 saturated carbocycles. The zero-order valence-electron chi connectivity index (χ0n) is 11.2. The molecule has 0 atom stereocenters. The van der Waals surface area contributed by atoms with Gasteiger partial charge in [0.25, 0.3) is 11.8 Å². The number of halogens is 4. The number of rotatable bonds is 2. The van der Waals surface area contributed by atoms with Gasteiger partial charge >= 0.3 is 6.18 Å². The summed E-state index contributed by atoms with van der Waals surface area (Å²) in [5.41, 5.74) is -0.694. The first-order valence-corrected chi connectivity index (χ1v) is 6.02. The lowest BCUT2D eigenvalue weighted by Gasteiger charge is -2.16. The van der Waals surface area contributed by atoms with E-state index in [1.165, 1.54) is 13.8 Å². The molecule has 1 aliphatic rings. The zero-order valence-corrected chi connectivity index (χ0v) is 11.2. The molecule has 0 radical (unpaired) electrons. The van der Waals surface area contributed by atoms with Crippen LogP contribution in [0, 0.1) is 5.82 Å². The molecule has 2 amide bonds. The average molecular weight is 301 g/mol. The minimum atomic E-state index is -4.78. The van der Waals surface area contributed by atoms with Crippen molar-refractivity contribution in [1.29, 1.82) is 0 Å². The fraction of sp³-hybridized carbons (Fsp3) is 0.286. The molecule has 0 unspecified atom stereocenters. The Kier molecular flexibility index (Phi) is 3.61. The Morgan fingerprint density at radius 1 is 1.05 bits per heavy atom. The number of alkyl halides is 3. The Balaban J connectivity index is 2.25. The molecule has 0 aliphatic carbocycles. The molecule has 7 heteroatoms. The second kappa shape index (κ2) is 4.98. The van der Waals surface area contributed by atoms with Crippen LogP contribution in [0.4, 0.5) is 17.6 Å². The lowest BCUT2D eigenvalue weighted by molar-refractivity contribution is -0.141. The van der Waals surface area contributed by atoms with Gasteiger partial charge in [0.15, 0.2) is 0 Å². The fourth-order valence-corrected chi connectivity index (χ4v) is 2.03. The van der Waals surface area contributed by atoms with Crippen LogP contribution >= 0.6 is 0 Å². The molecule has 0 aromatic heterocycles. The number of hydrogen-bond acceptors (Lipinski definition) is 2. The molecule has 0 bridgehead atoms. The van der Waals surface area contributed by atoms with Crippen molar-refractivity contribution in [3.05, 3.63) is 46.3 Å². The first-order valence-electron chi connectivity index (χ1n) is 6.02. The summed E-state index contributed by atoms with van der Waals surface area (Å²) in [4.78, 5) is 24.5. The van der Waals surface area contributed by atoms with Crippen molar-refractivity contribution in [2.75, 3.05) is 0 Å². The van der Waals surface area contributed by atoms with Crippen molar-refractivity contribution in [1.82, 2.24) is 4.90 Å². The molecule has 3 nitrogen and oxygen atoms in total. The van der Waals surface area contributed by atoms with E-state index in [0.29, 0.717) is 12.1 Å². The summed E-state index contributed by atoms with van der Waals surface area (Å²) in [6.07, 6.45) is -4.78. The number of amides is 2. The highest BCUT2D eigenvalue weighted by molar-refractivity contribution is 6.18. The smallest absolute Gasteiger partial charge is 0.270 e. The highest BCUT2D eigenvalue weighted by atomic mass is 19.4. The van der Waals surface area contributed by atoms with Gasteiger partial charge in [-0.15, -0.1) is 0 Å². The third kappa shape index (κ3) is 2.68. The van der Waals surface area contributed by atoms with Gasteiger partial charge in [-0.3, -0.25) is 14.5 Å². The van der Waals surface area contributed by atoms with Crippen molar-refractivity contribution in [2.45, 2.75) is 26.6 Å². The first-order chi connectivity index (χ1) is 9.62. The van der Waals surface area contributed by atoms with Crippen molar-refractivity contribution in [3.8, 4) is 0 Å². The van der Waals surface area contributed by atoms with Gasteiger partial charge in [0.2, 0.25) is 0 Å². The molecule has 21 heavy (non-hydrogen) atoms. The Morgan fingerprint density at radius 2 is 1.57 bits per heavy atom. The summed E-state index contributed by atoms with van der Waals surface area (Å²) in [6, 6.07) is 2.34. The standard InChI is InChI=1S/C14H11F4NO2/c1-7-8(2)13(21)19(12(7)20)6-9-3-4-10(11(15)5-9)14(16,17)18/h3-5H,6H2,1-2H3.